The van der Waals surface area contributed by atoms with E-state index in [9.17, 15) is 0 Å². The third-order valence-corrected chi connectivity index (χ3v) is 4.10. The summed E-state index contributed by atoms with van der Waals surface area (Å²) in [5.41, 5.74) is 10.0. The van der Waals surface area contributed by atoms with Crippen molar-refractivity contribution < 1.29 is 4.42 Å². The van der Waals surface area contributed by atoms with E-state index < -0.39 is 0 Å². The molecule has 4 nitrogen and oxygen atoms in total. The Labute approximate surface area is 134 Å². The monoisotopic (exact) mass is 303 g/mol. The maximum absolute atomic E-state index is 5.94. The van der Waals surface area contributed by atoms with E-state index in [4.69, 9.17) is 10.2 Å². The first-order chi connectivity index (χ1) is 11.2. The summed E-state index contributed by atoms with van der Waals surface area (Å²) in [4.78, 5) is 8.87. The van der Waals surface area contributed by atoms with Crippen molar-refractivity contribution >= 4 is 22.6 Å². The number of para-hydroxylation sites is 1. The van der Waals surface area contributed by atoms with Crippen molar-refractivity contribution in [2.75, 3.05) is 0 Å². The van der Waals surface area contributed by atoms with E-state index in [0.717, 1.165) is 28.0 Å². The van der Waals surface area contributed by atoms with Gasteiger partial charge < -0.3 is 10.2 Å². The predicted octanol–water partition coefficient (Wildman–Crippen LogP) is 3.99. The number of hydrogen-bond acceptors (Lipinski definition) is 4. The van der Waals surface area contributed by atoms with Crippen molar-refractivity contribution in [2.45, 2.75) is 19.4 Å². The molecular formula is C19H17N3O. The molecule has 0 saturated heterocycles. The Balaban J connectivity index is 1.69. The summed E-state index contributed by atoms with van der Waals surface area (Å²) in [6.07, 6.45) is 0.684. The molecule has 0 spiro atoms. The molecule has 1 aliphatic rings. The predicted molar refractivity (Wildman–Crippen MR) is 92.9 cm³/mol. The minimum absolute atomic E-state index is 0.0173. The average molecular weight is 303 g/mol. The minimum atomic E-state index is -0.0173. The summed E-state index contributed by atoms with van der Waals surface area (Å²) >= 11 is 0. The molecule has 3 aromatic rings. The van der Waals surface area contributed by atoms with Crippen LogP contribution in [0.3, 0.4) is 0 Å². The van der Waals surface area contributed by atoms with Gasteiger partial charge in [-0.15, -0.1) is 0 Å². The van der Waals surface area contributed by atoms with Crippen molar-refractivity contribution in [3.8, 4) is 0 Å². The minimum Gasteiger partial charge on any atom is -0.455 e. The molecule has 0 saturated carbocycles. The zero-order valence-electron chi connectivity index (χ0n) is 12.9. The smallest absolute Gasteiger partial charge is 0.216 e. The molecule has 0 bridgehead atoms. The van der Waals surface area contributed by atoms with E-state index in [2.05, 4.69) is 41.2 Å². The fourth-order valence-electron chi connectivity index (χ4n) is 2.86. The first-order valence-electron chi connectivity index (χ1n) is 7.65. The van der Waals surface area contributed by atoms with E-state index in [1.165, 1.54) is 5.56 Å². The molecule has 2 heterocycles. The van der Waals surface area contributed by atoms with Crippen LogP contribution in [0.4, 0.5) is 0 Å². The van der Waals surface area contributed by atoms with Crippen LogP contribution in [0.2, 0.25) is 0 Å². The molecular weight excluding hydrogens is 286 g/mol. The molecule has 114 valence electrons. The lowest BCUT2D eigenvalue weighted by atomic mass is 9.98. The highest BCUT2D eigenvalue weighted by atomic mass is 16.3. The summed E-state index contributed by atoms with van der Waals surface area (Å²) in [6, 6.07) is 18.3. The van der Waals surface area contributed by atoms with Crippen LogP contribution in [0.15, 0.2) is 69.0 Å². The number of nitrogens with two attached hydrogens (primary N) is 1. The lowest BCUT2D eigenvalue weighted by molar-refractivity contribution is 0.597. The Morgan fingerprint density at radius 3 is 2.65 bits per heavy atom. The molecule has 1 unspecified atom stereocenters. The van der Waals surface area contributed by atoms with Gasteiger partial charge in [-0.05, 0) is 24.6 Å². The fraction of sp³-hybridized carbons (Fsp3) is 0.158. The largest absolute Gasteiger partial charge is 0.455 e. The molecule has 23 heavy (non-hydrogen) atoms. The molecule has 0 aliphatic carbocycles. The maximum atomic E-state index is 5.94. The molecule has 1 atom stereocenters. The van der Waals surface area contributed by atoms with Crippen molar-refractivity contribution in [2.24, 2.45) is 15.7 Å². The number of aliphatic imine (C=N–C) groups is 2. The second-order valence-corrected chi connectivity index (χ2v) is 5.82. The SMILES string of the molecule is Cc1ccc(C2CC(c3cc4ccccc4o3)=NC(N)=N2)cc1. The lowest BCUT2D eigenvalue weighted by Crippen LogP contribution is -2.21. The van der Waals surface area contributed by atoms with Gasteiger partial charge in [-0.25, -0.2) is 9.98 Å². The Kier molecular flexibility index (Phi) is 3.23. The van der Waals surface area contributed by atoms with Crippen molar-refractivity contribution in [3.05, 3.63) is 71.5 Å². The number of furan rings is 1. The number of fused-ring (bicyclic) bond motifs is 1. The number of benzene rings is 2. The van der Waals surface area contributed by atoms with Crippen LogP contribution in [0.25, 0.3) is 11.0 Å². The van der Waals surface area contributed by atoms with Crippen molar-refractivity contribution in [3.63, 3.8) is 0 Å². The zero-order chi connectivity index (χ0) is 15.8. The Morgan fingerprint density at radius 1 is 1.09 bits per heavy atom. The summed E-state index contributed by atoms with van der Waals surface area (Å²) in [7, 11) is 0. The molecule has 0 radical (unpaired) electrons. The van der Waals surface area contributed by atoms with E-state index in [1.807, 2.05) is 30.3 Å². The molecule has 4 heteroatoms. The zero-order valence-corrected chi connectivity index (χ0v) is 12.9. The Morgan fingerprint density at radius 2 is 1.87 bits per heavy atom. The summed E-state index contributed by atoms with van der Waals surface area (Å²) < 4.78 is 5.92. The lowest BCUT2D eigenvalue weighted by Gasteiger charge is -2.18. The van der Waals surface area contributed by atoms with Gasteiger partial charge >= 0.3 is 0 Å². The molecule has 0 fully saturated rings. The van der Waals surface area contributed by atoms with Gasteiger partial charge in [-0.2, -0.15) is 0 Å². The van der Waals surface area contributed by atoms with E-state index in [-0.39, 0.29) is 6.04 Å². The van der Waals surface area contributed by atoms with Crippen LogP contribution < -0.4 is 5.73 Å². The maximum Gasteiger partial charge on any atom is 0.216 e. The highest BCUT2D eigenvalue weighted by molar-refractivity contribution is 6.08. The third-order valence-electron chi connectivity index (χ3n) is 4.10. The number of aryl methyl sites for hydroxylation is 1. The first-order valence-corrected chi connectivity index (χ1v) is 7.65. The summed E-state index contributed by atoms with van der Waals surface area (Å²) in [6.45, 7) is 2.07. The van der Waals surface area contributed by atoms with Gasteiger partial charge in [0.05, 0.1) is 11.8 Å². The van der Waals surface area contributed by atoms with Crippen LogP contribution in [0.1, 0.15) is 29.3 Å². The van der Waals surface area contributed by atoms with Crippen LogP contribution in [0, 0.1) is 6.92 Å². The molecule has 1 aromatic heterocycles. The number of rotatable bonds is 2. The molecule has 0 amide bonds. The standard InChI is InChI=1S/C19H17N3O/c1-12-6-8-13(9-7-12)15-11-16(22-19(20)21-15)18-10-14-4-2-3-5-17(14)23-18/h2-10,15H,11H2,1H3,(H2,20,21). The Hall–Kier alpha value is -2.88. The number of guanidine groups is 1. The highest BCUT2D eigenvalue weighted by Crippen LogP contribution is 2.29. The third kappa shape index (κ3) is 2.63. The fourth-order valence-corrected chi connectivity index (χ4v) is 2.86. The highest BCUT2D eigenvalue weighted by Gasteiger charge is 2.22. The van der Waals surface area contributed by atoms with Gasteiger partial charge in [0.2, 0.25) is 5.96 Å². The normalized spacial score (nSPS) is 17.9. The van der Waals surface area contributed by atoms with Crippen LogP contribution >= 0.6 is 0 Å². The van der Waals surface area contributed by atoms with Gasteiger partial charge in [0.1, 0.15) is 11.3 Å². The Bertz CT molecular complexity index is 886. The van der Waals surface area contributed by atoms with Gasteiger partial charge in [0.25, 0.3) is 0 Å². The summed E-state index contributed by atoms with van der Waals surface area (Å²) in [5.74, 6) is 1.07. The van der Waals surface area contributed by atoms with Gasteiger partial charge in [-0.1, -0.05) is 48.0 Å². The topological polar surface area (TPSA) is 63.9 Å². The molecule has 2 N–H and O–H groups in total. The van der Waals surface area contributed by atoms with E-state index in [1.54, 1.807) is 0 Å². The first kappa shape index (κ1) is 13.8. The number of nitrogens with zero attached hydrogens (tertiary/aromatic N) is 2. The van der Waals surface area contributed by atoms with Crippen molar-refractivity contribution in [1.29, 1.82) is 0 Å². The second-order valence-electron chi connectivity index (χ2n) is 5.82. The van der Waals surface area contributed by atoms with Gasteiger partial charge in [0, 0.05) is 11.8 Å². The quantitative estimate of drug-likeness (QED) is 0.778. The number of hydrogen-bond donors (Lipinski definition) is 1. The van der Waals surface area contributed by atoms with Gasteiger partial charge in [-0.3, -0.25) is 0 Å². The molecule has 4 rings (SSSR count). The van der Waals surface area contributed by atoms with Crippen LogP contribution in [-0.2, 0) is 0 Å². The van der Waals surface area contributed by atoms with Crippen molar-refractivity contribution in [1.82, 2.24) is 0 Å². The van der Waals surface area contributed by atoms with E-state index in [0.29, 0.717) is 12.4 Å². The molecule has 1 aliphatic heterocycles. The van der Waals surface area contributed by atoms with Crippen LogP contribution in [-0.4, -0.2) is 11.7 Å². The van der Waals surface area contributed by atoms with E-state index >= 15 is 0 Å². The molecule has 2 aromatic carbocycles. The summed E-state index contributed by atoms with van der Waals surface area (Å²) in [5, 5.41) is 1.07. The second kappa shape index (κ2) is 5.39. The van der Waals surface area contributed by atoms with Crippen LogP contribution in [0.5, 0.6) is 0 Å². The van der Waals surface area contributed by atoms with Gasteiger partial charge in [0.15, 0.2) is 0 Å². The average Bonchev–Trinajstić information content (AvgIpc) is 2.99.